The lowest BCUT2D eigenvalue weighted by Gasteiger charge is -2.36. The fraction of sp³-hybridized carbons (Fsp3) is 0.700. The molecule has 1 saturated heterocycles. The Labute approximate surface area is 109 Å². The molecule has 1 amide bonds. The van der Waals surface area contributed by atoms with Crippen molar-refractivity contribution in [1.29, 1.82) is 0 Å². The normalized spacial score (nSPS) is 24.8. The molecule has 0 aliphatic carbocycles. The highest BCUT2D eigenvalue weighted by atomic mass is 32.2. The second kappa shape index (κ2) is 5.22. The Balaban J connectivity index is 2.13. The molecule has 2 unspecified atom stereocenters. The summed E-state index contributed by atoms with van der Waals surface area (Å²) in [7, 11) is 1.77. The van der Waals surface area contributed by atoms with Crippen LogP contribution in [0.4, 0.5) is 5.13 Å². The van der Waals surface area contributed by atoms with Gasteiger partial charge in [0.25, 0.3) is 5.91 Å². The third-order valence-electron chi connectivity index (χ3n) is 2.97. The molecule has 1 aliphatic rings. The molecule has 1 aromatic heterocycles. The van der Waals surface area contributed by atoms with Crippen molar-refractivity contribution in [2.75, 3.05) is 24.7 Å². The van der Waals surface area contributed by atoms with E-state index in [0.717, 1.165) is 12.3 Å². The van der Waals surface area contributed by atoms with E-state index in [9.17, 15) is 4.79 Å². The van der Waals surface area contributed by atoms with Gasteiger partial charge in [-0.05, 0) is 6.92 Å². The van der Waals surface area contributed by atoms with Crippen LogP contribution in [0.1, 0.15) is 23.6 Å². The number of nitrogens with zero attached hydrogens (tertiary/aromatic N) is 3. The Hall–Kier alpha value is -0.820. The first kappa shape index (κ1) is 12.6. The monoisotopic (exact) mass is 272 g/mol. The molecule has 1 N–H and O–H groups in total. The van der Waals surface area contributed by atoms with Crippen LogP contribution < -0.4 is 5.32 Å². The van der Waals surface area contributed by atoms with E-state index in [0.29, 0.717) is 15.4 Å². The lowest BCUT2D eigenvalue weighted by molar-refractivity contribution is 0.0697. The molecule has 2 heterocycles. The minimum Gasteiger partial charge on any atom is -0.363 e. The van der Waals surface area contributed by atoms with Crippen molar-refractivity contribution in [3.8, 4) is 0 Å². The maximum absolute atomic E-state index is 12.3. The summed E-state index contributed by atoms with van der Waals surface area (Å²) in [4.78, 5) is 14.2. The molecule has 0 spiro atoms. The highest BCUT2D eigenvalue weighted by Crippen LogP contribution is 2.26. The Morgan fingerprint density at radius 3 is 2.88 bits per heavy atom. The number of rotatable bonds is 2. The highest BCUT2D eigenvalue weighted by Gasteiger charge is 2.31. The third kappa shape index (κ3) is 2.55. The SMILES string of the molecule is CNc1nnc(C(=O)N2CCSC(C)C2C)s1. The number of carbonyl (C=O) groups excluding carboxylic acids is 1. The first-order valence-electron chi connectivity index (χ1n) is 5.57. The van der Waals surface area contributed by atoms with Crippen molar-refractivity contribution < 1.29 is 4.79 Å². The van der Waals surface area contributed by atoms with Crippen LogP contribution in [0.15, 0.2) is 0 Å². The van der Waals surface area contributed by atoms with Gasteiger partial charge < -0.3 is 10.2 Å². The number of anilines is 1. The van der Waals surface area contributed by atoms with Crippen molar-refractivity contribution in [3.63, 3.8) is 0 Å². The van der Waals surface area contributed by atoms with Crippen LogP contribution in [-0.4, -0.2) is 51.6 Å². The summed E-state index contributed by atoms with van der Waals surface area (Å²) in [5.41, 5.74) is 0. The van der Waals surface area contributed by atoms with E-state index in [1.54, 1.807) is 7.05 Å². The van der Waals surface area contributed by atoms with Gasteiger partial charge in [-0.25, -0.2) is 0 Å². The van der Waals surface area contributed by atoms with Crippen molar-refractivity contribution in [2.45, 2.75) is 25.1 Å². The third-order valence-corrected chi connectivity index (χ3v) is 5.23. The summed E-state index contributed by atoms with van der Waals surface area (Å²) in [5.74, 6) is 0.998. The summed E-state index contributed by atoms with van der Waals surface area (Å²) in [6.45, 7) is 5.05. The number of aromatic nitrogens is 2. The molecule has 17 heavy (non-hydrogen) atoms. The van der Waals surface area contributed by atoms with Crippen LogP contribution in [0.2, 0.25) is 0 Å². The molecule has 7 heteroatoms. The van der Waals surface area contributed by atoms with Crippen LogP contribution >= 0.6 is 23.1 Å². The van der Waals surface area contributed by atoms with Crippen molar-refractivity contribution in [1.82, 2.24) is 15.1 Å². The minimum absolute atomic E-state index is 0.00338. The van der Waals surface area contributed by atoms with Gasteiger partial charge in [0.2, 0.25) is 10.1 Å². The molecule has 2 atom stereocenters. The van der Waals surface area contributed by atoms with Gasteiger partial charge in [-0.1, -0.05) is 18.3 Å². The largest absolute Gasteiger partial charge is 0.363 e. The lowest BCUT2D eigenvalue weighted by Crippen LogP contribution is -2.47. The van der Waals surface area contributed by atoms with E-state index < -0.39 is 0 Å². The Kier molecular flexibility index (Phi) is 3.88. The predicted octanol–water partition coefficient (Wildman–Crippen LogP) is 1.55. The summed E-state index contributed by atoms with van der Waals surface area (Å²) >= 11 is 3.22. The summed E-state index contributed by atoms with van der Waals surface area (Å²) in [6.07, 6.45) is 0. The van der Waals surface area contributed by atoms with Crippen molar-refractivity contribution in [2.24, 2.45) is 0 Å². The summed E-state index contributed by atoms with van der Waals surface area (Å²) in [6, 6.07) is 0.253. The molecule has 5 nitrogen and oxygen atoms in total. The zero-order chi connectivity index (χ0) is 12.4. The molecule has 1 aliphatic heterocycles. The number of carbonyl (C=O) groups is 1. The first-order valence-corrected chi connectivity index (χ1v) is 7.44. The fourth-order valence-corrected chi connectivity index (χ4v) is 3.51. The van der Waals surface area contributed by atoms with Crippen LogP contribution in [0.25, 0.3) is 0 Å². The molecule has 0 aromatic carbocycles. The second-order valence-electron chi connectivity index (χ2n) is 3.98. The number of amides is 1. The fourth-order valence-electron chi connectivity index (χ4n) is 1.75. The van der Waals surface area contributed by atoms with E-state index in [1.807, 2.05) is 16.7 Å². The Morgan fingerprint density at radius 2 is 2.24 bits per heavy atom. The van der Waals surface area contributed by atoms with Gasteiger partial charge in [-0.15, -0.1) is 10.2 Å². The maximum atomic E-state index is 12.3. The maximum Gasteiger partial charge on any atom is 0.285 e. The minimum atomic E-state index is 0.00338. The average Bonchev–Trinajstić information content (AvgIpc) is 2.80. The van der Waals surface area contributed by atoms with Gasteiger partial charge in [0.15, 0.2) is 0 Å². The van der Waals surface area contributed by atoms with Crippen LogP contribution in [0.3, 0.4) is 0 Å². The number of nitrogens with one attached hydrogen (secondary N) is 1. The predicted molar refractivity (Wildman–Crippen MR) is 71.9 cm³/mol. The van der Waals surface area contributed by atoms with Crippen LogP contribution in [0, 0.1) is 0 Å². The molecule has 0 radical (unpaired) electrons. The highest BCUT2D eigenvalue weighted by molar-refractivity contribution is 8.00. The second-order valence-corrected chi connectivity index (χ2v) is 6.44. The molecular formula is C10H16N4OS2. The van der Waals surface area contributed by atoms with E-state index in [4.69, 9.17) is 0 Å². The zero-order valence-electron chi connectivity index (χ0n) is 10.1. The Morgan fingerprint density at radius 1 is 1.47 bits per heavy atom. The smallest absolute Gasteiger partial charge is 0.285 e. The first-order chi connectivity index (χ1) is 8.13. The van der Waals surface area contributed by atoms with Gasteiger partial charge in [0.1, 0.15) is 0 Å². The van der Waals surface area contributed by atoms with Crippen LogP contribution in [0.5, 0.6) is 0 Å². The molecule has 0 bridgehead atoms. The summed E-state index contributed by atoms with van der Waals surface area (Å²) < 4.78 is 0. The van der Waals surface area contributed by atoms with E-state index in [2.05, 4.69) is 29.4 Å². The van der Waals surface area contributed by atoms with Crippen LogP contribution in [-0.2, 0) is 0 Å². The van der Waals surface area contributed by atoms with E-state index >= 15 is 0 Å². The topological polar surface area (TPSA) is 58.1 Å². The average molecular weight is 272 g/mol. The van der Waals surface area contributed by atoms with Crippen molar-refractivity contribution >= 4 is 34.1 Å². The van der Waals surface area contributed by atoms with Gasteiger partial charge >= 0.3 is 0 Å². The number of hydrogen-bond acceptors (Lipinski definition) is 6. The molecule has 0 saturated carbocycles. The van der Waals surface area contributed by atoms with Gasteiger partial charge in [-0.3, -0.25) is 4.79 Å². The molecular weight excluding hydrogens is 256 g/mol. The van der Waals surface area contributed by atoms with Gasteiger partial charge in [0.05, 0.1) is 0 Å². The van der Waals surface area contributed by atoms with E-state index in [-0.39, 0.29) is 11.9 Å². The molecule has 1 aromatic rings. The zero-order valence-corrected chi connectivity index (χ0v) is 11.8. The lowest BCUT2D eigenvalue weighted by atomic mass is 10.2. The van der Waals surface area contributed by atoms with E-state index in [1.165, 1.54) is 11.3 Å². The van der Waals surface area contributed by atoms with Gasteiger partial charge in [-0.2, -0.15) is 11.8 Å². The molecule has 94 valence electrons. The summed E-state index contributed by atoms with van der Waals surface area (Å²) in [5, 5.41) is 12.4. The standard InChI is InChI=1S/C10H16N4OS2/c1-6-7(2)16-5-4-14(6)9(15)8-12-13-10(11-3)17-8/h6-7H,4-5H2,1-3H3,(H,11,13). The number of hydrogen-bond donors (Lipinski definition) is 1. The quantitative estimate of drug-likeness (QED) is 0.885. The number of thioether (sulfide) groups is 1. The van der Waals surface area contributed by atoms with Crippen molar-refractivity contribution in [3.05, 3.63) is 5.01 Å². The Bertz CT molecular complexity index is 409. The molecule has 1 fully saturated rings. The van der Waals surface area contributed by atoms with Gasteiger partial charge in [0, 0.05) is 30.6 Å². The molecule has 2 rings (SSSR count).